The highest BCUT2D eigenvalue weighted by molar-refractivity contribution is 5.86. The monoisotopic (exact) mass is 139 g/mol. The zero-order valence-electron chi connectivity index (χ0n) is 5.79. The summed E-state index contributed by atoms with van der Waals surface area (Å²) in [5.74, 6) is -1.18. The van der Waals surface area contributed by atoms with E-state index >= 15 is 0 Å². The van der Waals surface area contributed by atoms with Crippen molar-refractivity contribution in [2.45, 2.75) is 6.92 Å². The van der Waals surface area contributed by atoms with Crippen molar-refractivity contribution >= 4 is 5.97 Å². The van der Waals surface area contributed by atoms with Crippen LogP contribution in [0.1, 0.15) is 16.1 Å². The Morgan fingerprint density at radius 1 is 1.80 bits per heavy atom. The maximum Gasteiger partial charge on any atom is 0.0749 e. The zero-order chi connectivity index (χ0) is 7.72. The van der Waals surface area contributed by atoms with Gasteiger partial charge in [0.2, 0.25) is 0 Å². The smallest absolute Gasteiger partial charge is 0.0749 e. The summed E-state index contributed by atoms with van der Waals surface area (Å²) in [6.07, 6.45) is 1.28. The van der Waals surface area contributed by atoms with Crippen LogP contribution in [0.25, 0.3) is 0 Å². The van der Waals surface area contributed by atoms with Crippen LogP contribution in [0.3, 0.4) is 0 Å². The lowest BCUT2D eigenvalue weighted by atomic mass is 10.3. The van der Waals surface area contributed by atoms with E-state index in [4.69, 9.17) is 0 Å². The SMILES string of the molecule is Cc1c(C(=O)[O-])cnn1C. The average Bonchev–Trinajstić information content (AvgIpc) is 2.14. The quantitative estimate of drug-likeness (QED) is 0.506. The first kappa shape index (κ1) is 6.80. The summed E-state index contributed by atoms with van der Waals surface area (Å²) in [4.78, 5) is 10.3. The normalized spacial score (nSPS) is 9.80. The van der Waals surface area contributed by atoms with Crippen LogP contribution in [-0.4, -0.2) is 15.7 Å². The first-order valence-corrected chi connectivity index (χ1v) is 2.83. The summed E-state index contributed by atoms with van der Waals surface area (Å²) in [7, 11) is 1.68. The molecule has 1 aromatic rings. The number of nitrogens with zero attached hydrogens (tertiary/aromatic N) is 2. The Balaban J connectivity index is 3.17. The van der Waals surface area contributed by atoms with Gasteiger partial charge in [0.05, 0.1) is 12.2 Å². The number of rotatable bonds is 1. The highest BCUT2D eigenvalue weighted by atomic mass is 16.4. The van der Waals surface area contributed by atoms with Crippen molar-refractivity contribution in [1.29, 1.82) is 0 Å². The summed E-state index contributed by atoms with van der Waals surface area (Å²) in [6.45, 7) is 1.68. The van der Waals surface area contributed by atoms with Crippen molar-refractivity contribution in [3.8, 4) is 0 Å². The molecule has 54 valence electrons. The van der Waals surface area contributed by atoms with E-state index in [0.717, 1.165) is 0 Å². The molecule has 0 aliphatic carbocycles. The van der Waals surface area contributed by atoms with Crippen LogP contribution >= 0.6 is 0 Å². The summed E-state index contributed by atoms with van der Waals surface area (Å²) in [5.41, 5.74) is 0.766. The number of carbonyl (C=O) groups is 1. The Morgan fingerprint density at radius 3 is 2.60 bits per heavy atom. The van der Waals surface area contributed by atoms with Gasteiger partial charge in [-0.05, 0) is 6.92 Å². The molecule has 1 aromatic heterocycles. The number of hydrogen-bond acceptors (Lipinski definition) is 3. The van der Waals surface area contributed by atoms with Crippen LogP contribution in [0, 0.1) is 6.92 Å². The second-order valence-corrected chi connectivity index (χ2v) is 2.05. The predicted molar refractivity (Wildman–Crippen MR) is 32.3 cm³/mol. The molecule has 0 radical (unpaired) electrons. The average molecular weight is 139 g/mol. The molecule has 0 unspecified atom stereocenters. The lowest BCUT2D eigenvalue weighted by Gasteiger charge is -1.98. The van der Waals surface area contributed by atoms with Crippen LogP contribution in [0.15, 0.2) is 6.20 Å². The van der Waals surface area contributed by atoms with Gasteiger partial charge in [0.25, 0.3) is 0 Å². The van der Waals surface area contributed by atoms with Gasteiger partial charge >= 0.3 is 0 Å². The predicted octanol–water partition coefficient (Wildman–Crippen LogP) is -0.908. The van der Waals surface area contributed by atoms with Crippen LogP contribution in [0.2, 0.25) is 0 Å². The van der Waals surface area contributed by atoms with Crippen molar-refractivity contribution < 1.29 is 9.90 Å². The second kappa shape index (κ2) is 2.13. The van der Waals surface area contributed by atoms with E-state index in [1.54, 1.807) is 14.0 Å². The molecule has 0 N–H and O–H groups in total. The number of carboxylic acid groups (broad SMARTS) is 1. The summed E-state index contributed by atoms with van der Waals surface area (Å²) < 4.78 is 1.49. The summed E-state index contributed by atoms with van der Waals surface area (Å²) >= 11 is 0. The van der Waals surface area contributed by atoms with Crippen molar-refractivity contribution in [2.75, 3.05) is 0 Å². The number of carboxylic acids is 1. The van der Waals surface area contributed by atoms with Crippen molar-refractivity contribution in [2.24, 2.45) is 7.05 Å². The number of carbonyl (C=O) groups excluding carboxylic acids is 1. The van der Waals surface area contributed by atoms with Gasteiger partial charge in [-0.3, -0.25) is 4.68 Å². The molecule has 1 heterocycles. The Bertz CT molecular complexity index is 265. The molecule has 0 aromatic carbocycles. The van der Waals surface area contributed by atoms with E-state index in [1.165, 1.54) is 10.9 Å². The highest BCUT2D eigenvalue weighted by Gasteiger charge is 2.02. The van der Waals surface area contributed by atoms with E-state index in [2.05, 4.69) is 5.10 Å². The van der Waals surface area contributed by atoms with Gasteiger partial charge in [-0.15, -0.1) is 0 Å². The van der Waals surface area contributed by atoms with E-state index in [1.807, 2.05) is 0 Å². The van der Waals surface area contributed by atoms with Gasteiger partial charge in [-0.1, -0.05) is 0 Å². The minimum absolute atomic E-state index is 0.155. The van der Waals surface area contributed by atoms with Gasteiger partial charge in [0.1, 0.15) is 0 Å². The fourth-order valence-electron chi connectivity index (χ4n) is 0.699. The Kier molecular flexibility index (Phi) is 1.45. The molecule has 4 nitrogen and oxygen atoms in total. The van der Waals surface area contributed by atoms with E-state index in [0.29, 0.717) is 5.69 Å². The van der Waals surface area contributed by atoms with Crippen LogP contribution in [-0.2, 0) is 7.05 Å². The molecule has 0 bridgehead atoms. The maximum absolute atomic E-state index is 10.3. The van der Waals surface area contributed by atoms with Gasteiger partial charge in [-0.25, -0.2) is 0 Å². The Labute approximate surface area is 58.1 Å². The molecule has 0 amide bonds. The standard InChI is InChI=1S/C6H8N2O2/c1-4-5(6(9)10)3-7-8(4)2/h3H,1-2H3,(H,9,10)/p-1. The van der Waals surface area contributed by atoms with Gasteiger partial charge in [0.15, 0.2) is 0 Å². The first-order chi connectivity index (χ1) is 4.63. The molecule has 0 saturated heterocycles. The van der Waals surface area contributed by atoms with Gasteiger partial charge in [0, 0.05) is 18.3 Å². The van der Waals surface area contributed by atoms with Crippen molar-refractivity contribution in [3.05, 3.63) is 17.5 Å². The Hall–Kier alpha value is -1.32. The van der Waals surface area contributed by atoms with Gasteiger partial charge in [-0.2, -0.15) is 5.10 Å². The number of aromatic nitrogens is 2. The van der Waals surface area contributed by atoms with Crippen molar-refractivity contribution in [1.82, 2.24) is 9.78 Å². The molecule has 10 heavy (non-hydrogen) atoms. The number of aromatic carboxylic acids is 1. The van der Waals surface area contributed by atoms with Gasteiger partial charge < -0.3 is 9.90 Å². The molecule has 4 heteroatoms. The fourth-order valence-corrected chi connectivity index (χ4v) is 0.699. The number of hydrogen-bond donors (Lipinski definition) is 0. The third-order valence-corrected chi connectivity index (χ3v) is 1.46. The molecule has 0 saturated carbocycles. The van der Waals surface area contributed by atoms with Crippen LogP contribution in [0.4, 0.5) is 0 Å². The minimum Gasteiger partial charge on any atom is -0.545 e. The molecule has 0 aliphatic heterocycles. The fraction of sp³-hybridized carbons (Fsp3) is 0.333. The topological polar surface area (TPSA) is 57.9 Å². The first-order valence-electron chi connectivity index (χ1n) is 2.83. The molecule has 1 rings (SSSR count). The van der Waals surface area contributed by atoms with Crippen LogP contribution in [0.5, 0.6) is 0 Å². The largest absolute Gasteiger partial charge is 0.545 e. The Morgan fingerprint density at radius 2 is 2.40 bits per heavy atom. The van der Waals surface area contributed by atoms with Crippen molar-refractivity contribution in [3.63, 3.8) is 0 Å². The van der Waals surface area contributed by atoms with E-state index < -0.39 is 5.97 Å². The molecule has 0 spiro atoms. The summed E-state index contributed by atoms with van der Waals surface area (Å²) in [6, 6.07) is 0. The van der Waals surface area contributed by atoms with E-state index in [-0.39, 0.29) is 5.56 Å². The molecule has 0 aliphatic rings. The maximum atomic E-state index is 10.3. The van der Waals surface area contributed by atoms with Crippen LogP contribution < -0.4 is 5.11 Å². The second-order valence-electron chi connectivity index (χ2n) is 2.05. The summed E-state index contributed by atoms with van der Waals surface area (Å²) in [5, 5.41) is 14.0. The third-order valence-electron chi connectivity index (χ3n) is 1.46. The lowest BCUT2D eigenvalue weighted by Crippen LogP contribution is -2.22. The zero-order valence-corrected chi connectivity index (χ0v) is 5.79. The minimum atomic E-state index is -1.18. The third kappa shape index (κ3) is 0.877. The molecule has 0 atom stereocenters. The van der Waals surface area contributed by atoms with E-state index in [9.17, 15) is 9.90 Å². The molecule has 0 fully saturated rings. The highest BCUT2D eigenvalue weighted by Crippen LogP contribution is 2.02. The molecular weight excluding hydrogens is 132 g/mol. The molecular formula is C6H7N2O2-. The lowest BCUT2D eigenvalue weighted by molar-refractivity contribution is -0.255. The number of aryl methyl sites for hydroxylation is 1.